The van der Waals surface area contributed by atoms with Gasteiger partial charge in [0.05, 0.1) is 6.61 Å². The Morgan fingerprint density at radius 1 is 1.07 bits per heavy atom. The molecule has 0 unspecified atom stereocenters. The first-order valence-electron chi connectivity index (χ1n) is 15.0. The van der Waals surface area contributed by atoms with Crippen LogP contribution in [0.2, 0.25) is 0 Å². The highest BCUT2D eigenvalue weighted by Crippen LogP contribution is 2.32. The minimum absolute atomic E-state index is 0.346. The summed E-state index contributed by atoms with van der Waals surface area (Å²) >= 11 is 3.51. The van der Waals surface area contributed by atoms with Gasteiger partial charge in [-0.1, -0.05) is 49.6 Å². The Labute approximate surface area is 254 Å². The number of likely N-dealkylation sites (tertiary alicyclic amines) is 1. The van der Waals surface area contributed by atoms with Crippen molar-refractivity contribution in [2.24, 2.45) is 5.92 Å². The second kappa shape index (κ2) is 16.0. The fraction of sp³-hybridized carbons (Fsp3) is 0.576. The number of thioether (sulfide) groups is 2. The normalized spacial score (nSPS) is 20.7. The second-order valence-corrected chi connectivity index (χ2v) is 13.7. The van der Waals surface area contributed by atoms with Crippen LogP contribution >= 0.6 is 23.5 Å². The molecule has 0 spiro atoms. The molecule has 1 aliphatic heterocycles. The van der Waals surface area contributed by atoms with E-state index in [1.165, 1.54) is 32.1 Å². The van der Waals surface area contributed by atoms with E-state index in [1.54, 1.807) is 11.8 Å². The lowest BCUT2D eigenvalue weighted by atomic mass is 9.90. The van der Waals surface area contributed by atoms with E-state index in [9.17, 15) is 14.7 Å². The van der Waals surface area contributed by atoms with Gasteiger partial charge < -0.3 is 15.2 Å². The van der Waals surface area contributed by atoms with Crippen molar-refractivity contribution in [1.82, 2.24) is 10.2 Å². The Bertz CT molecular complexity index is 1150. The molecule has 8 heteroatoms. The number of nitrogens with one attached hydrogen (secondary N) is 1. The number of carboxylic acids is 1. The largest absolute Gasteiger partial charge is 0.480 e. The molecule has 1 heterocycles. The maximum absolute atomic E-state index is 13.5. The molecule has 1 amide bonds. The molecule has 2 aromatic rings. The summed E-state index contributed by atoms with van der Waals surface area (Å²) in [5.41, 5.74) is 4.57. The van der Waals surface area contributed by atoms with Crippen LogP contribution in [0.3, 0.4) is 0 Å². The van der Waals surface area contributed by atoms with Gasteiger partial charge >= 0.3 is 5.97 Å². The van der Waals surface area contributed by atoms with E-state index in [-0.39, 0.29) is 5.91 Å². The molecule has 6 nitrogen and oxygen atoms in total. The zero-order valence-corrected chi connectivity index (χ0v) is 26.4. The lowest BCUT2D eigenvalue weighted by Crippen LogP contribution is -2.41. The number of benzene rings is 2. The molecular weight excluding hydrogens is 553 g/mol. The Kier molecular flexibility index (Phi) is 12.5. The summed E-state index contributed by atoms with van der Waals surface area (Å²) in [6.07, 6.45) is 12.3. The van der Waals surface area contributed by atoms with Crippen molar-refractivity contribution < 1.29 is 19.4 Å². The van der Waals surface area contributed by atoms with Gasteiger partial charge in [-0.3, -0.25) is 9.69 Å². The van der Waals surface area contributed by atoms with E-state index in [1.807, 2.05) is 61.3 Å². The van der Waals surface area contributed by atoms with Gasteiger partial charge in [0, 0.05) is 36.6 Å². The first kappa shape index (κ1) is 31.9. The van der Waals surface area contributed by atoms with Crippen LogP contribution < -0.4 is 5.32 Å². The molecule has 0 bridgehead atoms. The predicted molar refractivity (Wildman–Crippen MR) is 172 cm³/mol. The summed E-state index contributed by atoms with van der Waals surface area (Å²) in [6.45, 7) is 5.51. The molecule has 0 aromatic heterocycles. The van der Waals surface area contributed by atoms with Crippen LogP contribution in [0.1, 0.15) is 66.4 Å². The molecule has 224 valence electrons. The Hall–Kier alpha value is -2.00. The van der Waals surface area contributed by atoms with E-state index < -0.39 is 12.0 Å². The molecule has 3 atom stereocenters. The molecule has 1 aliphatic carbocycles. The zero-order chi connectivity index (χ0) is 29.2. The van der Waals surface area contributed by atoms with Crippen molar-refractivity contribution in [2.75, 3.05) is 38.0 Å². The molecule has 0 radical (unpaired) electrons. The highest BCUT2D eigenvalue weighted by atomic mass is 32.2. The van der Waals surface area contributed by atoms with Crippen molar-refractivity contribution in [3.63, 3.8) is 0 Å². The summed E-state index contributed by atoms with van der Waals surface area (Å²) in [4.78, 5) is 27.8. The van der Waals surface area contributed by atoms with Gasteiger partial charge in [0.2, 0.25) is 0 Å². The van der Waals surface area contributed by atoms with Crippen LogP contribution in [-0.4, -0.2) is 77.2 Å². The van der Waals surface area contributed by atoms with Crippen LogP contribution in [0.15, 0.2) is 42.5 Å². The fourth-order valence-electron chi connectivity index (χ4n) is 6.15. The molecule has 2 fully saturated rings. The number of carbonyl (C=O) groups excluding carboxylic acids is 1. The van der Waals surface area contributed by atoms with Crippen molar-refractivity contribution in [3.05, 3.63) is 59.2 Å². The number of aliphatic carboxylic acids is 1. The topological polar surface area (TPSA) is 78.9 Å². The van der Waals surface area contributed by atoms with Gasteiger partial charge in [-0.15, -0.1) is 0 Å². The molecule has 41 heavy (non-hydrogen) atoms. The Balaban J connectivity index is 1.53. The third kappa shape index (κ3) is 8.99. The summed E-state index contributed by atoms with van der Waals surface area (Å²) in [5.74, 6) is 0.0301. The number of aryl methyl sites for hydroxylation is 1. The smallest absolute Gasteiger partial charge is 0.326 e. The number of ether oxygens (including phenoxy) is 1. The molecule has 1 saturated carbocycles. The molecule has 2 aliphatic rings. The first-order valence-corrected chi connectivity index (χ1v) is 17.6. The van der Waals surface area contributed by atoms with Crippen molar-refractivity contribution in [3.8, 4) is 11.1 Å². The van der Waals surface area contributed by atoms with E-state index in [0.29, 0.717) is 34.9 Å². The predicted octanol–water partition coefficient (Wildman–Crippen LogP) is 6.50. The quantitative estimate of drug-likeness (QED) is 0.257. The molecular formula is C33H46N2O4S2. The van der Waals surface area contributed by atoms with E-state index in [2.05, 4.69) is 22.5 Å². The van der Waals surface area contributed by atoms with Gasteiger partial charge in [-0.25, -0.2) is 4.79 Å². The van der Waals surface area contributed by atoms with Gasteiger partial charge in [0.1, 0.15) is 6.04 Å². The minimum Gasteiger partial charge on any atom is -0.480 e. The number of nitrogens with zero attached hydrogens (tertiary/aromatic N) is 1. The lowest BCUT2D eigenvalue weighted by molar-refractivity contribution is -0.139. The summed E-state index contributed by atoms with van der Waals surface area (Å²) < 4.78 is 6.31. The summed E-state index contributed by atoms with van der Waals surface area (Å²) in [6, 6.07) is 13.6. The van der Waals surface area contributed by atoms with Crippen LogP contribution in [-0.2, 0) is 16.1 Å². The fourth-order valence-corrected chi connectivity index (χ4v) is 7.38. The highest BCUT2D eigenvalue weighted by molar-refractivity contribution is 7.99. The lowest BCUT2D eigenvalue weighted by Gasteiger charge is -2.27. The number of hydrogen-bond donors (Lipinski definition) is 2. The average Bonchev–Trinajstić information content (AvgIpc) is 3.37. The molecule has 2 N–H and O–H groups in total. The standard InChI is InChI=1S/C33H46N2O4S2/c1-23-9-7-8-12-28(23)30-17-25(13-14-29(30)32(36)34-31(33(37)38)15-16-40-2)19-35-20-27(41-3)18-26(35)22-39-21-24-10-5-4-6-11-24/h7-9,12-14,17,24,26-27,31H,4-6,10-11,15-16,18-22H2,1-3H3,(H,34,36)(H,37,38)/t26-,27-,31+/m1/s1. The van der Waals surface area contributed by atoms with Crippen molar-refractivity contribution in [1.29, 1.82) is 0 Å². The van der Waals surface area contributed by atoms with Crippen LogP contribution in [0.4, 0.5) is 0 Å². The zero-order valence-electron chi connectivity index (χ0n) is 24.8. The number of amides is 1. The van der Waals surface area contributed by atoms with E-state index in [0.717, 1.165) is 55.0 Å². The third-order valence-electron chi connectivity index (χ3n) is 8.57. The van der Waals surface area contributed by atoms with E-state index >= 15 is 0 Å². The molecule has 2 aromatic carbocycles. The van der Waals surface area contributed by atoms with Gasteiger partial charge in [-0.05, 0) is 91.2 Å². The Morgan fingerprint density at radius 2 is 1.85 bits per heavy atom. The summed E-state index contributed by atoms with van der Waals surface area (Å²) in [5, 5.41) is 13.1. The molecule has 4 rings (SSSR count). The van der Waals surface area contributed by atoms with Crippen LogP contribution in [0, 0.1) is 12.8 Å². The van der Waals surface area contributed by atoms with Crippen LogP contribution in [0.5, 0.6) is 0 Å². The van der Waals surface area contributed by atoms with Gasteiger partial charge in [0.15, 0.2) is 0 Å². The second-order valence-electron chi connectivity index (χ2n) is 11.6. The highest BCUT2D eigenvalue weighted by Gasteiger charge is 2.32. The van der Waals surface area contributed by atoms with Crippen LogP contribution in [0.25, 0.3) is 11.1 Å². The SMILES string of the molecule is CSCC[C@H](NC(=O)c1ccc(CN2C[C@H](SC)C[C@@H]2COCC2CCCCC2)cc1-c1ccccc1C)C(=O)O. The Morgan fingerprint density at radius 3 is 2.56 bits per heavy atom. The minimum atomic E-state index is -1.00. The third-order valence-corrected chi connectivity index (χ3v) is 10.2. The van der Waals surface area contributed by atoms with Gasteiger partial charge in [0.25, 0.3) is 5.91 Å². The summed E-state index contributed by atoms with van der Waals surface area (Å²) in [7, 11) is 0. The number of rotatable bonds is 14. The average molecular weight is 599 g/mol. The molecule has 1 saturated heterocycles. The maximum Gasteiger partial charge on any atom is 0.326 e. The van der Waals surface area contributed by atoms with Gasteiger partial charge in [-0.2, -0.15) is 23.5 Å². The van der Waals surface area contributed by atoms with E-state index in [4.69, 9.17) is 4.74 Å². The van der Waals surface area contributed by atoms with Crippen molar-refractivity contribution in [2.45, 2.75) is 75.7 Å². The number of carboxylic acid groups (broad SMARTS) is 1. The number of hydrogen-bond acceptors (Lipinski definition) is 6. The maximum atomic E-state index is 13.5. The number of carbonyl (C=O) groups is 2. The first-order chi connectivity index (χ1) is 19.9. The van der Waals surface area contributed by atoms with Crippen molar-refractivity contribution >= 4 is 35.4 Å². The monoisotopic (exact) mass is 598 g/mol.